The lowest BCUT2D eigenvalue weighted by Gasteiger charge is -2.08. The van der Waals surface area contributed by atoms with Crippen molar-refractivity contribution >= 4 is 11.6 Å². The van der Waals surface area contributed by atoms with Gasteiger partial charge < -0.3 is 21.3 Å². The van der Waals surface area contributed by atoms with Gasteiger partial charge in [-0.25, -0.2) is 0 Å². The number of nitrogens with one attached hydrogen (secondary N) is 1. The average Bonchev–Trinajstić information content (AvgIpc) is 2.44. The van der Waals surface area contributed by atoms with Crippen molar-refractivity contribution in [1.82, 2.24) is 0 Å². The van der Waals surface area contributed by atoms with Gasteiger partial charge in [-0.2, -0.15) is 0 Å². The second kappa shape index (κ2) is 6.76. The molecule has 0 atom stereocenters. The topological polar surface area (TPSA) is 95.6 Å². The predicted octanol–water partition coefficient (Wildman–Crippen LogP) is 2.24. The maximum absolute atomic E-state index is 12.1. The lowest BCUT2D eigenvalue weighted by atomic mass is 10.1. The van der Waals surface area contributed by atoms with E-state index in [0.717, 1.165) is 18.4 Å². The molecule has 0 heterocycles. The van der Waals surface area contributed by atoms with E-state index in [1.54, 1.807) is 6.07 Å². The minimum absolute atomic E-state index is 0.156. The van der Waals surface area contributed by atoms with Crippen molar-refractivity contribution in [3.8, 4) is 11.5 Å². The second-order valence-corrected chi connectivity index (χ2v) is 4.78. The number of phenols is 2. The van der Waals surface area contributed by atoms with Crippen molar-refractivity contribution in [3.63, 3.8) is 0 Å². The van der Waals surface area contributed by atoms with E-state index in [1.165, 1.54) is 18.2 Å². The number of amides is 1. The van der Waals surface area contributed by atoms with Gasteiger partial charge in [-0.05, 0) is 49.2 Å². The molecule has 0 fully saturated rings. The van der Waals surface area contributed by atoms with Gasteiger partial charge in [0.2, 0.25) is 0 Å². The van der Waals surface area contributed by atoms with Gasteiger partial charge in [0.05, 0.1) is 0 Å². The summed E-state index contributed by atoms with van der Waals surface area (Å²) < 4.78 is 0. The van der Waals surface area contributed by atoms with E-state index in [1.807, 2.05) is 18.2 Å². The molecule has 2 rings (SSSR count). The van der Waals surface area contributed by atoms with Crippen LogP contribution in [0.4, 0.5) is 5.69 Å². The van der Waals surface area contributed by atoms with E-state index in [4.69, 9.17) is 5.73 Å². The first kappa shape index (κ1) is 14.9. The predicted molar refractivity (Wildman–Crippen MR) is 81.5 cm³/mol. The number of aryl methyl sites for hydroxylation is 1. The van der Waals surface area contributed by atoms with E-state index in [2.05, 4.69) is 5.32 Å². The van der Waals surface area contributed by atoms with Gasteiger partial charge in [0.25, 0.3) is 5.91 Å². The molecule has 1 amide bonds. The summed E-state index contributed by atoms with van der Waals surface area (Å²) in [6.45, 7) is 0.624. The highest BCUT2D eigenvalue weighted by atomic mass is 16.3. The minimum Gasteiger partial charge on any atom is -0.508 e. The number of hydrogen-bond acceptors (Lipinski definition) is 4. The second-order valence-electron chi connectivity index (χ2n) is 4.78. The zero-order chi connectivity index (χ0) is 15.2. The van der Waals surface area contributed by atoms with Crippen LogP contribution < -0.4 is 11.1 Å². The van der Waals surface area contributed by atoms with Crippen LogP contribution in [-0.2, 0) is 6.42 Å². The first-order chi connectivity index (χ1) is 10.1. The van der Waals surface area contributed by atoms with Crippen molar-refractivity contribution < 1.29 is 15.0 Å². The fourth-order valence-corrected chi connectivity index (χ4v) is 2.04. The number of benzene rings is 2. The fraction of sp³-hybridized carbons (Fsp3) is 0.188. The average molecular weight is 286 g/mol. The molecule has 0 saturated heterocycles. The molecule has 0 aliphatic carbocycles. The summed E-state index contributed by atoms with van der Waals surface area (Å²) in [5, 5.41) is 21.5. The highest BCUT2D eigenvalue weighted by Gasteiger charge is 2.09. The lowest BCUT2D eigenvalue weighted by Crippen LogP contribution is -2.12. The summed E-state index contributed by atoms with van der Waals surface area (Å²) in [4.78, 5) is 12.1. The number of phenolic OH excluding ortho intramolecular Hbond substituents is 2. The number of carbonyl (C=O) groups is 1. The third kappa shape index (κ3) is 4.22. The highest BCUT2D eigenvalue weighted by molar-refractivity contribution is 6.04. The van der Waals surface area contributed by atoms with Crippen LogP contribution in [-0.4, -0.2) is 22.7 Å². The van der Waals surface area contributed by atoms with E-state index in [-0.39, 0.29) is 17.1 Å². The number of anilines is 1. The molecule has 5 nitrogen and oxygen atoms in total. The molecule has 2 aromatic rings. The Morgan fingerprint density at radius 1 is 1.10 bits per heavy atom. The summed E-state index contributed by atoms with van der Waals surface area (Å²) >= 11 is 0. The Hall–Kier alpha value is -2.53. The van der Waals surface area contributed by atoms with E-state index >= 15 is 0 Å². The first-order valence-corrected chi connectivity index (χ1v) is 6.72. The standard InChI is InChI=1S/C16H18N2O3/c17-6-2-4-11-3-1-5-13(7-11)18-16(21)12-8-14(19)10-15(20)9-12/h1,3,5,7-10,19-20H,2,4,6,17H2,(H,18,21). The van der Waals surface area contributed by atoms with Crippen molar-refractivity contribution in [1.29, 1.82) is 0 Å². The summed E-state index contributed by atoms with van der Waals surface area (Å²) in [5.74, 6) is -0.703. The van der Waals surface area contributed by atoms with Gasteiger partial charge in [-0.15, -0.1) is 0 Å². The van der Waals surface area contributed by atoms with Crippen LogP contribution in [0.1, 0.15) is 22.3 Å². The molecule has 110 valence electrons. The van der Waals surface area contributed by atoms with Crippen molar-refractivity contribution in [2.24, 2.45) is 5.73 Å². The molecule has 0 bridgehead atoms. The molecule has 0 saturated carbocycles. The van der Waals surface area contributed by atoms with E-state index < -0.39 is 5.91 Å². The zero-order valence-corrected chi connectivity index (χ0v) is 11.5. The van der Waals surface area contributed by atoms with Gasteiger partial charge in [0.15, 0.2) is 0 Å². The molecule has 0 radical (unpaired) electrons. The zero-order valence-electron chi connectivity index (χ0n) is 11.5. The Kier molecular flexibility index (Phi) is 4.79. The van der Waals surface area contributed by atoms with E-state index in [9.17, 15) is 15.0 Å². The van der Waals surface area contributed by atoms with Gasteiger partial charge >= 0.3 is 0 Å². The molecule has 21 heavy (non-hydrogen) atoms. The van der Waals surface area contributed by atoms with Crippen molar-refractivity contribution in [3.05, 3.63) is 53.6 Å². The van der Waals surface area contributed by atoms with Crippen LogP contribution in [0.3, 0.4) is 0 Å². The van der Waals surface area contributed by atoms with Crippen LogP contribution in [0.15, 0.2) is 42.5 Å². The number of nitrogens with two attached hydrogens (primary N) is 1. The van der Waals surface area contributed by atoms with Crippen LogP contribution >= 0.6 is 0 Å². The lowest BCUT2D eigenvalue weighted by molar-refractivity contribution is 0.102. The molecular weight excluding hydrogens is 268 g/mol. The molecular formula is C16H18N2O3. The maximum Gasteiger partial charge on any atom is 0.255 e. The van der Waals surface area contributed by atoms with Gasteiger partial charge in [0.1, 0.15) is 11.5 Å². The number of rotatable bonds is 5. The van der Waals surface area contributed by atoms with Gasteiger partial charge in [-0.1, -0.05) is 12.1 Å². The normalized spacial score (nSPS) is 10.3. The third-order valence-corrected chi connectivity index (χ3v) is 3.02. The molecule has 0 spiro atoms. The summed E-state index contributed by atoms with van der Waals surface area (Å²) in [6.07, 6.45) is 1.74. The van der Waals surface area contributed by atoms with E-state index in [0.29, 0.717) is 12.2 Å². The number of aromatic hydroxyl groups is 2. The molecule has 0 aliphatic rings. The van der Waals surface area contributed by atoms with Crippen LogP contribution in [0, 0.1) is 0 Å². The minimum atomic E-state index is -0.392. The largest absolute Gasteiger partial charge is 0.508 e. The SMILES string of the molecule is NCCCc1cccc(NC(=O)c2cc(O)cc(O)c2)c1. The Balaban J connectivity index is 2.11. The summed E-state index contributed by atoms with van der Waals surface area (Å²) in [7, 11) is 0. The number of hydrogen-bond donors (Lipinski definition) is 4. The number of carbonyl (C=O) groups excluding carboxylic acids is 1. The monoisotopic (exact) mass is 286 g/mol. The first-order valence-electron chi connectivity index (χ1n) is 6.72. The smallest absolute Gasteiger partial charge is 0.255 e. The Bertz CT molecular complexity index is 621. The Morgan fingerprint density at radius 3 is 2.48 bits per heavy atom. The maximum atomic E-state index is 12.1. The summed E-state index contributed by atoms with van der Waals surface area (Å²) in [6, 6.07) is 11.3. The van der Waals surface area contributed by atoms with Crippen LogP contribution in [0.5, 0.6) is 11.5 Å². The van der Waals surface area contributed by atoms with Gasteiger partial charge in [0, 0.05) is 17.3 Å². The molecule has 0 unspecified atom stereocenters. The van der Waals surface area contributed by atoms with Crippen LogP contribution in [0.25, 0.3) is 0 Å². The Labute approximate surface area is 123 Å². The molecule has 0 aliphatic heterocycles. The van der Waals surface area contributed by atoms with Gasteiger partial charge in [-0.3, -0.25) is 4.79 Å². The third-order valence-electron chi connectivity index (χ3n) is 3.02. The summed E-state index contributed by atoms with van der Waals surface area (Å²) in [5.41, 5.74) is 7.44. The molecule has 5 heteroatoms. The van der Waals surface area contributed by atoms with Crippen LogP contribution in [0.2, 0.25) is 0 Å². The van der Waals surface area contributed by atoms with Crippen molar-refractivity contribution in [2.45, 2.75) is 12.8 Å². The Morgan fingerprint density at radius 2 is 1.81 bits per heavy atom. The molecule has 2 aromatic carbocycles. The van der Waals surface area contributed by atoms with Crippen molar-refractivity contribution in [2.75, 3.05) is 11.9 Å². The highest BCUT2D eigenvalue weighted by Crippen LogP contribution is 2.21. The quantitative estimate of drug-likeness (QED) is 0.678. The fourth-order valence-electron chi connectivity index (χ4n) is 2.04. The molecule has 0 aromatic heterocycles. The molecule has 5 N–H and O–H groups in total.